The molecular formula is C13H23N3O3. The molecule has 6 nitrogen and oxygen atoms in total. The monoisotopic (exact) mass is 269 g/mol. The number of amides is 2. The van der Waals surface area contributed by atoms with Crippen molar-refractivity contribution in [1.29, 1.82) is 0 Å². The molecule has 1 aliphatic carbocycles. The quantitative estimate of drug-likeness (QED) is 0.699. The number of nitrogens with zero attached hydrogens (tertiary/aromatic N) is 1. The average molecular weight is 269 g/mol. The van der Waals surface area contributed by atoms with Gasteiger partial charge in [0.25, 0.3) is 0 Å². The van der Waals surface area contributed by atoms with Crippen LogP contribution in [0.15, 0.2) is 0 Å². The SMILES string of the molecule is CN1CCCC1CNC(=O)N[C@H]1CC[C@@H](C(=O)O)C1. The Labute approximate surface area is 113 Å². The molecule has 3 N–H and O–H groups in total. The lowest BCUT2D eigenvalue weighted by molar-refractivity contribution is -0.141. The van der Waals surface area contributed by atoms with Crippen LogP contribution in [-0.4, -0.2) is 54.2 Å². The highest BCUT2D eigenvalue weighted by atomic mass is 16.4. The highest BCUT2D eigenvalue weighted by Gasteiger charge is 2.30. The van der Waals surface area contributed by atoms with E-state index in [0.29, 0.717) is 25.4 Å². The zero-order valence-corrected chi connectivity index (χ0v) is 11.4. The number of hydrogen-bond acceptors (Lipinski definition) is 3. The first-order valence-electron chi connectivity index (χ1n) is 7.03. The van der Waals surface area contributed by atoms with Crippen molar-refractivity contribution in [3.8, 4) is 0 Å². The van der Waals surface area contributed by atoms with Crippen LogP contribution in [-0.2, 0) is 4.79 Å². The maximum absolute atomic E-state index is 11.8. The molecule has 2 amide bonds. The van der Waals surface area contributed by atoms with Crippen molar-refractivity contribution >= 4 is 12.0 Å². The van der Waals surface area contributed by atoms with E-state index in [-0.39, 0.29) is 18.0 Å². The van der Waals surface area contributed by atoms with Gasteiger partial charge in [-0.1, -0.05) is 0 Å². The first-order chi connectivity index (χ1) is 9.06. The number of likely N-dealkylation sites (N-methyl/N-ethyl adjacent to an activating group) is 1. The minimum absolute atomic E-state index is 0.00223. The van der Waals surface area contributed by atoms with Crippen LogP contribution in [0.2, 0.25) is 0 Å². The van der Waals surface area contributed by atoms with E-state index in [2.05, 4.69) is 22.6 Å². The summed E-state index contributed by atoms with van der Waals surface area (Å²) in [4.78, 5) is 24.8. The number of urea groups is 1. The van der Waals surface area contributed by atoms with E-state index in [9.17, 15) is 9.59 Å². The van der Waals surface area contributed by atoms with Gasteiger partial charge in [-0.15, -0.1) is 0 Å². The average Bonchev–Trinajstić information content (AvgIpc) is 2.96. The second-order valence-electron chi connectivity index (χ2n) is 5.68. The molecule has 0 radical (unpaired) electrons. The third-order valence-corrected chi connectivity index (χ3v) is 4.29. The van der Waals surface area contributed by atoms with Crippen LogP contribution >= 0.6 is 0 Å². The normalized spacial score (nSPS) is 31.3. The molecule has 1 saturated carbocycles. The number of likely N-dealkylation sites (tertiary alicyclic amines) is 1. The predicted octanol–water partition coefficient (Wildman–Crippen LogP) is 0.633. The van der Waals surface area contributed by atoms with Crippen molar-refractivity contribution < 1.29 is 14.7 Å². The molecule has 1 unspecified atom stereocenters. The van der Waals surface area contributed by atoms with Crippen LogP contribution in [0.25, 0.3) is 0 Å². The van der Waals surface area contributed by atoms with Gasteiger partial charge in [0.1, 0.15) is 0 Å². The number of carboxylic acid groups (broad SMARTS) is 1. The highest BCUT2D eigenvalue weighted by Crippen LogP contribution is 2.25. The molecule has 2 aliphatic rings. The minimum Gasteiger partial charge on any atom is -0.481 e. The minimum atomic E-state index is -0.753. The number of carboxylic acids is 1. The third-order valence-electron chi connectivity index (χ3n) is 4.29. The lowest BCUT2D eigenvalue weighted by Gasteiger charge is -2.20. The molecule has 3 atom stereocenters. The van der Waals surface area contributed by atoms with Crippen LogP contribution in [0.3, 0.4) is 0 Å². The lowest BCUT2D eigenvalue weighted by Crippen LogP contribution is -2.45. The molecule has 0 spiro atoms. The molecular weight excluding hydrogens is 246 g/mol. The van der Waals surface area contributed by atoms with E-state index >= 15 is 0 Å². The molecule has 1 aliphatic heterocycles. The first-order valence-corrected chi connectivity index (χ1v) is 7.03. The molecule has 0 aromatic heterocycles. The van der Waals surface area contributed by atoms with Gasteiger partial charge in [-0.3, -0.25) is 4.79 Å². The van der Waals surface area contributed by atoms with E-state index in [1.807, 2.05) is 0 Å². The Morgan fingerprint density at radius 2 is 2.11 bits per heavy atom. The van der Waals surface area contributed by atoms with E-state index in [1.54, 1.807) is 0 Å². The number of rotatable bonds is 4. The van der Waals surface area contributed by atoms with E-state index in [1.165, 1.54) is 6.42 Å². The Balaban J connectivity index is 1.66. The second kappa shape index (κ2) is 6.23. The van der Waals surface area contributed by atoms with Gasteiger partial charge in [-0.25, -0.2) is 4.79 Å². The topological polar surface area (TPSA) is 81.7 Å². The fraction of sp³-hybridized carbons (Fsp3) is 0.846. The van der Waals surface area contributed by atoms with Gasteiger partial charge in [0.15, 0.2) is 0 Å². The molecule has 108 valence electrons. The summed E-state index contributed by atoms with van der Waals surface area (Å²) in [6, 6.07) is 0.264. The number of carbonyl (C=O) groups is 2. The Morgan fingerprint density at radius 3 is 2.68 bits per heavy atom. The Bertz CT molecular complexity index is 348. The summed E-state index contributed by atoms with van der Waals surface area (Å²) in [5.41, 5.74) is 0. The molecule has 1 saturated heterocycles. The van der Waals surface area contributed by atoms with E-state index in [0.717, 1.165) is 19.4 Å². The van der Waals surface area contributed by atoms with Crippen LogP contribution in [0, 0.1) is 5.92 Å². The summed E-state index contributed by atoms with van der Waals surface area (Å²) in [5.74, 6) is -1.05. The Morgan fingerprint density at radius 1 is 1.32 bits per heavy atom. The number of carbonyl (C=O) groups excluding carboxylic acids is 1. The van der Waals surface area contributed by atoms with Gasteiger partial charge in [0.05, 0.1) is 5.92 Å². The van der Waals surface area contributed by atoms with Gasteiger partial charge >= 0.3 is 12.0 Å². The van der Waals surface area contributed by atoms with Crippen molar-refractivity contribution in [3.63, 3.8) is 0 Å². The van der Waals surface area contributed by atoms with Gasteiger partial charge in [0, 0.05) is 18.6 Å². The van der Waals surface area contributed by atoms with Gasteiger partial charge in [0.2, 0.25) is 0 Å². The molecule has 0 aromatic carbocycles. The molecule has 0 aromatic rings. The van der Waals surface area contributed by atoms with Crippen molar-refractivity contribution in [2.24, 2.45) is 5.92 Å². The maximum atomic E-state index is 11.8. The van der Waals surface area contributed by atoms with E-state index in [4.69, 9.17) is 5.11 Å². The number of hydrogen-bond donors (Lipinski definition) is 3. The van der Waals surface area contributed by atoms with Gasteiger partial charge in [-0.05, 0) is 45.7 Å². The Hall–Kier alpha value is -1.30. The summed E-state index contributed by atoms with van der Waals surface area (Å²) in [6.45, 7) is 1.76. The summed E-state index contributed by atoms with van der Waals surface area (Å²) in [5, 5.41) is 14.7. The Kier molecular flexibility index (Phi) is 4.63. The molecule has 19 heavy (non-hydrogen) atoms. The standard InChI is InChI=1S/C13H23N3O3/c1-16-6-2-3-11(16)8-14-13(19)15-10-5-4-9(7-10)12(17)18/h9-11H,2-8H2,1H3,(H,17,18)(H2,14,15,19)/t9-,10+,11?/m1/s1. The molecule has 6 heteroatoms. The predicted molar refractivity (Wildman–Crippen MR) is 71.0 cm³/mol. The fourth-order valence-electron chi connectivity index (χ4n) is 3.02. The van der Waals surface area contributed by atoms with Crippen LogP contribution < -0.4 is 10.6 Å². The zero-order chi connectivity index (χ0) is 13.8. The summed E-state index contributed by atoms with van der Waals surface area (Å²) in [7, 11) is 2.08. The van der Waals surface area contributed by atoms with Crippen LogP contribution in [0.4, 0.5) is 4.79 Å². The van der Waals surface area contributed by atoms with Gasteiger partial charge in [-0.2, -0.15) is 0 Å². The molecule has 2 fully saturated rings. The van der Waals surface area contributed by atoms with Crippen molar-refractivity contribution in [3.05, 3.63) is 0 Å². The third kappa shape index (κ3) is 3.83. The summed E-state index contributed by atoms with van der Waals surface area (Å²) < 4.78 is 0. The highest BCUT2D eigenvalue weighted by molar-refractivity contribution is 5.75. The summed E-state index contributed by atoms with van der Waals surface area (Å²) >= 11 is 0. The molecule has 0 bridgehead atoms. The fourth-order valence-corrected chi connectivity index (χ4v) is 3.02. The maximum Gasteiger partial charge on any atom is 0.315 e. The smallest absolute Gasteiger partial charge is 0.315 e. The van der Waals surface area contributed by atoms with Crippen LogP contribution in [0.5, 0.6) is 0 Å². The molecule has 1 heterocycles. The number of nitrogens with one attached hydrogen (secondary N) is 2. The zero-order valence-electron chi connectivity index (χ0n) is 11.4. The summed E-state index contributed by atoms with van der Waals surface area (Å²) in [6.07, 6.45) is 4.28. The van der Waals surface area contributed by atoms with Crippen molar-refractivity contribution in [2.75, 3.05) is 20.1 Å². The van der Waals surface area contributed by atoms with Gasteiger partial charge < -0.3 is 20.6 Å². The van der Waals surface area contributed by atoms with Crippen molar-refractivity contribution in [2.45, 2.75) is 44.2 Å². The molecule has 2 rings (SSSR count). The van der Waals surface area contributed by atoms with Crippen LogP contribution in [0.1, 0.15) is 32.1 Å². The lowest BCUT2D eigenvalue weighted by atomic mass is 10.1. The first kappa shape index (κ1) is 14.1. The van der Waals surface area contributed by atoms with Crippen molar-refractivity contribution in [1.82, 2.24) is 15.5 Å². The van der Waals surface area contributed by atoms with E-state index < -0.39 is 5.97 Å². The largest absolute Gasteiger partial charge is 0.481 e. The number of aliphatic carboxylic acids is 1. The second-order valence-corrected chi connectivity index (χ2v) is 5.68.